The van der Waals surface area contributed by atoms with Gasteiger partial charge in [-0.3, -0.25) is 0 Å². The molecule has 0 aliphatic heterocycles. The third-order valence-corrected chi connectivity index (χ3v) is 1.75. The maximum atomic E-state index is 10.6. The first-order valence-electron chi connectivity index (χ1n) is 3.56. The summed E-state index contributed by atoms with van der Waals surface area (Å²) in [7, 11) is 0. The molecular weight excluding hydrogens is 156 g/mol. The lowest BCUT2D eigenvalue weighted by molar-refractivity contribution is -0.157. The van der Waals surface area contributed by atoms with E-state index in [0.717, 1.165) is 0 Å². The Morgan fingerprint density at radius 2 is 1.83 bits per heavy atom. The van der Waals surface area contributed by atoms with Crippen LogP contribution in [0.2, 0.25) is 0 Å². The molecule has 0 amide bonds. The van der Waals surface area contributed by atoms with Crippen molar-refractivity contribution in [2.24, 2.45) is 0 Å². The van der Waals surface area contributed by atoms with Crippen molar-refractivity contribution in [1.82, 2.24) is 0 Å². The molecular formula is C9H10O3. The van der Waals surface area contributed by atoms with E-state index in [4.69, 9.17) is 5.11 Å². The third-order valence-electron chi connectivity index (χ3n) is 1.75. The van der Waals surface area contributed by atoms with Crippen LogP contribution in [0.5, 0.6) is 0 Å². The molecule has 0 radical (unpaired) electrons. The van der Waals surface area contributed by atoms with Gasteiger partial charge in [-0.05, 0) is 12.5 Å². The normalized spacial score (nSPS) is 15.2. The molecule has 1 rings (SSSR count). The highest BCUT2D eigenvalue weighted by Gasteiger charge is 2.31. The predicted octanol–water partition coefficient (Wildman–Crippen LogP) is 0.979. The SMILES string of the molecule is C[C@](O)(C(=O)O)c1ccccc1. The number of carboxylic acid groups (broad SMARTS) is 1. The molecule has 0 saturated heterocycles. The van der Waals surface area contributed by atoms with Crippen LogP contribution in [-0.2, 0) is 10.4 Å². The van der Waals surface area contributed by atoms with Crippen molar-refractivity contribution >= 4 is 5.97 Å². The molecule has 64 valence electrons. The molecule has 1 aromatic carbocycles. The Balaban J connectivity index is 3.06. The van der Waals surface area contributed by atoms with Crippen LogP contribution in [0.3, 0.4) is 0 Å². The molecule has 0 aliphatic rings. The summed E-state index contributed by atoms with van der Waals surface area (Å²) in [6.07, 6.45) is 0. The zero-order valence-corrected chi connectivity index (χ0v) is 6.69. The molecule has 0 unspecified atom stereocenters. The standard InChI is InChI=1S/C9H10O3/c1-9(12,8(10)11)7-5-3-2-4-6-7/h2-6,12H,1H3,(H,10,11)/t9-/m1/s1. The van der Waals surface area contributed by atoms with Crippen LogP contribution in [0.15, 0.2) is 30.3 Å². The van der Waals surface area contributed by atoms with Crippen LogP contribution in [0.1, 0.15) is 12.5 Å². The third kappa shape index (κ3) is 1.46. The number of hydrogen-bond donors (Lipinski definition) is 2. The average molecular weight is 166 g/mol. The van der Waals surface area contributed by atoms with E-state index in [1.165, 1.54) is 6.92 Å². The highest BCUT2D eigenvalue weighted by molar-refractivity contribution is 5.78. The Morgan fingerprint density at radius 3 is 2.25 bits per heavy atom. The van der Waals surface area contributed by atoms with Gasteiger partial charge in [-0.1, -0.05) is 30.3 Å². The van der Waals surface area contributed by atoms with Gasteiger partial charge in [0.2, 0.25) is 0 Å². The van der Waals surface area contributed by atoms with E-state index >= 15 is 0 Å². The summed E-state index contributed by atoms with van der Waals surface area (Å²) < 4.78 is 0. The van der Waals surface area contributed by atoms with Gasteiger partial charge in [-0.15, -0.1) is 0 Å². The van der Waals surface area contributed by atoms with Crippen LogP contribution in [0.4, 0.5) is 0 Å². The highest BCUT2D eigenvalue weighted by atomic mass is 16.4. The van der Waals surface area contributed by atoms with E-state index in [9.17, 15) is 9.90 Å². The van der Waals surface area contributed by atoms with Crippen molar-refractivity contribution in [2.75, 3.05) is 0 Å². The smallest absolute Gasteiger partial charge is 0.340 e. The largest absolute Gasteiger partial charge is 0.479 e. The van der Waals surface area contributed by atoms with E-state index in [1.807, 2.05) is 0 Å². The minimum Gasteiger partial charge on any atom is -0.479 e. The fourth-order valence-corrected chi connectivity index (χ4v) is 0.886. The summed E-state index contributed by atoms with van der Waals surface area (Å²) in [5.74, 6) is -1.24. The maximum absolute atomic E-state index is 10.6. The first-order chi connectivity index (χ1) is 5.55. The molecule has 0 aliphatic carbocycles. The maximum Gasteiger partial charge on any atom is 0.340 e. The highest BCUT2D eigenvalue weighted by Crippen LogP contribution is 2.19. The van der Waals surface area contributed by atoms with Gasteiger partial charge in [-0.2, -0.15) is 0 Å². The average Bonchev–Trinajstić information content (AvgIpc) is 2.06. The van der Waals surface area contributed by atoms with Crippen molar-refractivity contribution in [1.29, 1.82) is 0 Å². The van der Waals surface area contributed by atoms with Crippen molar-refractivity contribution in [2.45, 2.75) is 12.5 Å². The quantitative estimate of drug-likeness (QED) is 0.688. The molecule has 0 saturated carbocycles. The molecule has 1 atom stereocenters. The lowest BCUT2D eigenvalue weighted by Gasteiger charge is -2.17. The zero-order valence-electron chi connectivity index (χ0n) is 6.69. The second kappa shape index (κ2) is 2.95. The van der Waals surface area contributed by atoms with Gasteiger partial charge in [0.05, 0.1) is 0 Å². The topological polar surface area (TPSA) is 57.5 Å². The summed E-state index contributed by atoms with van der Waals surface area (Å²) in [5.41, 5.74) is -1.40. The number of carboxylic acids is 1. The van der Waals surface area contributed by atoms with Gasteiger partial charge < -0.3 is 10.2 Å². The molecule has 0 heterocycles. The summed E-state index contributed by atoms with van der Waals surface area (Å²) in [6, 6.07) is 8.29. The fourth-order valence-electron chi connectivity index (χ4n) is 0.886. The molecule has 0 bridgehead atoms. The molecule has 2 N–H and O–H groups in total. The molecule has 0 spiro atoms. The lowest BCUT2D eigenvalue weighted by atomic mass is 9.97. The first-order valence-corrected chi connectivity index (χ1v) is 3.56. The number of rotatable bonds is 2. The Kier molecular flexibility index (Phi) is 2.15. The van der Waals surface area contributed by atoms with Crippen molar-refractivity contribution in [3.8, 4) is 0 Å². The molecule has 3 nitrogen and oxygen atoms in total. The molecule has 0 fully saturated rings. The van der Waals surface area contributed by atoms with Gasteiger partial charge in [0.15, 0.2) is 5.60 Å². The predicted molar refractivity (Wildman–Crippen MR) is 43.6 cm³/mol. The minimum atomic E-state index is -1.79. The van der Waals surface area contributed by atoms with Gasteiger partial charge in [-0.25, -0.2) is 4.79 Å². The Labute approximate surface area is 70.3 Å². The van der Waals surface area contributed by atoms with Crippen molar-refractivity contribution in [3.05, 3.63) is 35.9 Å². The van der Waals surface area contributed by atoms with E-state index in [1.54, 1.807) is 30.3 Å². The van der Waals surface area contributed by atoms with Crippen molar-refractivity contribution in [3.63, 3.8) is 0 Å². The fraction of sp³-hybridized carbons (Fsp3) is 0.222. The van der Waals surface area contributed by atoms with E-state index in [-0.39, 0.29) is 0 Å². The van der Waals surface area contributed by atoms with Gasteiger partial charge in [0.1, 0.15) is 0 Å². The number of carbonyl (C=O) groups is 1. The molecule has 0 aromatic heterocycles. The summed E-state index contributed by atoms with van der Waals surface area (Å²) in [6.45, 7) is 1.25. The monoisotopic (exact) mass is 166 g/mol. The zero-order chi connectivity index (χ0) is 9.19. The molecule has 1 aromatic rings. The number of hydrogen-bond acceptors (Lipinski definition) is 2. The number of aliphatic hydroxyl groups is 1. The van der Waals surface area contributed by atoms with E-state index in [2.05, 4.69) is 0 Å². The van der Waals surface area contributed by atoms with Gasteiger partial charge in [0, 0.05) is 0 Å². The summed E-state index contributed by atoms with van der Waals surface area (Å²) >= 11 is 0. The second-order valence-electron chi connectivity index (χ2n) is 2.74. The first kappa shape index (κ1) is 8.74. The van der Waals surface area contributed by atoms with Crippen LogP contribution >= 0.6 is 0 Å². The summed E-state index contributed by atoms with van der Waals surface area (Å²) in [5, 5.41) is 18.1. The van der Waals surface area contributed by atoms with Crippen LogP contribution in [0.25, 0.3) is 0 Å². The Hall–Kier alpha value is -1.35. The summed E-state index contributed by atoms with van der Waals surface area (Å²) in [4.78, 5) is 10.6. The van der Waals surface area contributed by atoms with E-state index in [0.29, 0.717) is 5.56 Å². The van der Waals surface area contributed by atoms with Gasteiger partial charge >= 0.3 is 5.97 Å². The van der Waals surface area contributed by atoms with Crippen LogP contribution in [0, 0.1) is 0 Å². The van der Waals surface area contributed by atoms with Gasteiger partial charge in [0.25, 0.3) is 0 Å². The Bertz CT molecular complexity index is 277. The lowest BCUT2D eigenvalue weighted by Crippen LogP contribution is -2.31. The van der Waals surface area contributed by atoms with Crippen molar-refractivity contribution < 1.29 is 15.0 Å². The van der Waals surface area contributed by atoms with Crippen LogP contribution < -0.4 is 0 Å². The van der Waals surface area contributed by atoms with E-state index < -0.39 is 11.6 Å². The second-order valence-corrected chi connectivity index (χ2v) is 2.74. The number of benzene rings is 1. The molecule has 12 heavy (non-hydrogen) atoms. The number of aliphatic carboxylic acids is 1. The van der Waals surface area contributed by atoms with Crippen LogP contribution in [-0.4, -0.2) is 16.2 Å². The minimum absolute atomic E-state index is 0.387. The Morgan fingerprint density at radius 1 is 1.33 bits per heavy atom. The molecule has 3 heteroatoms.